The van der Waals surface area contributed by atoms with E-state index in [0.29, 0.717) is 5.82 Å². The van der Waals surface area contributed by atoms with E-state index < -0.39 is 5.97 Å². The van der Waals surface area contributed by atoms with Crippen molar-refractivity contribution in [3.05, 3.63) is 35.5 Å². The molecule has 0 aromatic carbocycles. The molecule has 0 aliphatic heterocycles. The number of aromatic nitrogens is 4. The predicted octanol–water partition coefficient (Wildman–Crippen LogP) is 1.88. The van der Waals surface area contributed by atoms with Crippen molar-refractivity contribution in [2.24, 2.45) is 0 Å². The second kappa shape index (κ2) is 5.60. The molecule has 6 nitrogen and oxygen atoms in total. The van der Waals surface area contributed by atoms with Gasteiger partial charge in [-0.1, -0.05) is 20.3 Å². The van der Waals surface area contributed by atoms with Crippen LogP contribution in [0.15, 0.2) is 18.3 Å². The average molecular weight is 260 g/mol. The summed E-state index contributed by atoms with van der Waals surface area (Å²) in [5.74, 6) is 0.313. The standard InChI is InChI=1S/C13H16N4O2/c1-3-5-9-8-12(15-11(4-2)14-9)17-7-6-10(16-17)13(18)19/h6-8H,3-5H2,1-2H3,(H,18,19). The highest BCUT2D eigenvalue weighted by Crippen LogP contribution is 2.10. The second-order valence-corrected chi connectivity index (χ2v) is 4.19. The van der Waals surface area contributed by atoms with Gasteiger partial charge in [-0.05, 0) is 12.5 Å². The van der Waals surface area contributed by atoms with Crippen LogP contribution >= 0.6 is 0 Å². The lowest BCUT2D eigenvalue weighted by atomic mass is 10.2. The van der Waals surface area contributed by atoms with Crippen molar-refractivity contribution in [1.29, 1.82) is 0 Å². The molecule has 19 heavy (non-hydrogen) atoms. The second-order valence-electron chi connectivity index (χ2n) is 4.19. The Morgan fingerprint density at radius 3 is 2.74 bits per heavy atom. The third-order valence-electron chi connectivity index (χ3n) is 2.68. The quantitative estimate of drug-likeness (QED) is 0.887. The highest BCUT2D eigenvalue weighted by atomic mass is 16.4. The van der Waals surface area contributed by atoms with Crippen LogP contribution < -0.4 is 0 Å². The third-order valence-corrected chi connectivity index (χ3v) is 2.68. The molecule has 0 unspecified atom stereocenters. The van der Waals surface area contributed by atoms with Crippen molar-refractivity contribution < 1.29 is 9.90 Å². The van der Waals surface area contributed by atoms with Crippen molar-refractivity contribution in [2.75, 3.05) is 0 Å². The van der Waals surface area contributed by atoms with Crippen LogP contribution in [0.2, 0.25) is 0 Å². The summed E-state index contributed by atoms with van der Waals surface area (Å²) in [6.07, 6.45) is 4.20. The summed E-state index contributed by atoms with van der Waals surface area (Å²) in [6.45, 7) is 4.07. The number of aromatic carboxylic acids is 1. The summed E-state index contributed by atoms with van der Waals surface area (Å²) in [6, 6.07) is 3.30. The van der Waals surface area contributed by atoms with Gasteiger partial charge in [-0.15, -0.1) is 0 Å². The normalized spacial score (nSPS) is 10.6. The first-order chi connectivity index (χ1) is 9.13. The molecule has 2 aromatic rings. The topological polar surface area (TPSA) is 80.9 Å². The van der Waals surface area contributed by atoms with Gasteiger partial charge in [-0.3, -0.25) is 0 Å². The van der Waals surface area contributed by atoms with Crippen molar-refractivity contribution >= 4 is 5.97 Å². The molecule has 0 atom stereocenters. The van der Waals surface area contributed by atoms with Crippen molar-refractivity contribution in [3.8, 4) is 5.82 Å². The molecule has 0 amide bonds. The monoisotopic (exact) mass is 260 g/mol. The Kier molecular flexibility index (Phi) is 3.89. The van der Waals surface area contributed by atoms with E-state index in [0.717, 1.165) is 30.8 Å². The van der Waals surface area contributed by atoms with E-state index in [1.165, 1.54) is 10.7 Å². The highest BCUT2D eigenvalue weighted by Gasteiger charge is 2.10. The maximum absolute atomic E-state index is 10.8. The van der Waals surface area contributed by atoms with Gasteiger partial charge in [-0.25, -0.2) is 19.4 Å². The Hall–Kier alpha value is -2.24. The first-order valence-corrected chi connectivity index (χ1v) is 6.30. The van der Waals surface area contributed by atoms with Crippen LogP contribution in [0.3, 0.4) is 0 Å². The first kappa shape index (κ1) is 13.2. The summed E-state index contributed by atoms with van der Waals surface area (Å²) in [4.78, 5) is 19.6. The molecular weight excluding hydrogens is 244 g/mol. The fourth-order valence-corrected chi connectivity index (χ4v) is 1.76. The Bertz CT molecular complexity index is 592. The van der Waals surface area contributed by atoms with Gasteiger partial charge < -0.3 is 5.11 Å². The number of hydrogen-bond donors (Lipinski definition) is 1. The average Bonchev–Trinajstić information content (AvgIpc) is 2.88. The van der Waals surface area contributed by atoms with Crippen molar-refractivity contribution in [2.45, 2.75) is 33.1 Å². The molecule has 2 heterocycles. The number of carboxylic acid groups (broad SMARTS) is 1. The lowest BCUT2D eigenvalue weighted by Crippen LogP contribution is -2.07. The molecule has 1 N–H and O–H groups in total. The maximum Gasteiger partial charge on any atom is 0.356 e. The Morgan fingerprint density at radius 1 is 1.37 bits per heavy atom. The van der Waals surface area contributed by atoms with Crippen LogP contribution in [0.25, 0.3) is 5.82 Å². The minimum atomic E-state index is -1.04. The molecule has 0 spiro atoms. The van der Waals surface area contributed by atoms with E-state index in [9.17, 15) is 4.79 Å². The van der Waals surface area contributed by atoms with Crippen LogP contribution in [0, 0.1) is 0 Å². The molecule has 100 valence electrons. The van der Waals surface area contributed by atoms with Crippen LogP contribution in [0.5, 0.6) is 0 Å². The highest BCUT2D eigenvalue weighted by molar-refractivity contribution is 5.85. The number of aryl methyl sites for hydroxylation is 2. The lowest BCUT2D eigenvalue weighted by Gasteiger charge is -2.06. The fourth-order valence-electron chi connectivity index (χ4n) is 1.76. The SMILES string of the molecule is CCCc1cc(-n2ccc(C(=O)O)n2)nc(CC)n1. The largest absolute Gasteiger partial charge is 0.476 e. The van der Waals surface area contributed by atoms with Gasteiger partial charge in [0.25, 0.3) is 0 Å². The Balaban J connectivity index is 2.41. The Labute approximate surface area is 111 Å². The summed E-state index contributed by atoms with van der Waals surface area (Å²) >= 11 is 0. The molecule has 0 aliphatic carbocycles. The molecule has 2 aromatic heterocycles. The fraction of sp³-hybridized carbons (Fsp3) is 0.385. The molecule has 0 aliphatic rings. The smallest absolute Gasteiger partial charge is 0.356 e. The van der Waals surface area contributed by atoms with Crippen LogP contribution in [0.4, 0.5) is 0 Å². The van der Waals surface area contributed by atoms with E-state index in [1.54, 1.807) is 6.20 Å². The van der Waals surface area contributed by atoms with Crippen molar-refractivity contribution in [1.82, 2.24) is 19.7 Å². The molecule has 0 fully saturated rings. The van der Waals surface area contributed by atoms with E-state index in [2.05, 4.69) is 22.0 Å². The summed E-state index contributed by atoms with van der Waals surface area (Å²) in [5.41, 5.74) is 0.963. The molecular formula is C13H16N4O2. The van der Waals surface area contributed by atoms with E-state index in [4.69, 9.17) is 5.11 Å². The zero-order valence-electron chi connectivity index (χ0n) is 11.0. The number of nitrogens with zero attached hydrogens (tertiary/aromatic N) is 4. The van der Waals surface area contributed by atoms with Gasteiger partial charge in [0.1, 0.15) is 5.82 Å². The van der Waals surface area contributed by atoms with E-state index in [-0.39, 0.29) is 5.69 Å². The zero-order valence-corrected chi connectivity index (χ0v) is 11.0. The van der Waals surface area contributed by atoms with Crippen LogP contribution in [-0.2, 0) is 12.8 Å². The molecule has 0 bridgehead atoms. The Morgan fingerprint density at radius 2 is 2.16 bits per heavy atom. The number of hydrogen-bond acceptors (Lipinski definition) is 4. The number of carboxylic acids is 1. The summed E-state index contributed by atoms with van der Waals surface area (Å²) in [7, 11) is 0. The van der Waals surface area contributed by atoms with Gasteiger partial charge in [0, 0.05) is 24.4 Å². The molecule has 0 saturated heterocycles. The van der Waals surface area contributed by atoms with E-state index >= 15 is 0 Å². The molecule has 2 rings (SSSR count). The minimum absolute atomic E-state index is 0.00806. The first-order valence-electron chi connectivity index (χ1n) is 6.30. The summed E-state index contributed by atoms with van der Waals surface area (Å²) < 4.78 is 1.48. The molecule has 0 saturated carbocycles. The van der Waals surface area contributed by atoms with Gasteiger partial charge >= 0.3 is 5.97 Å². The van der Waals surface area contributed by atoms with E-state index in [1.807, 2.05) is 13.0 Å². The van der Waals surface area contributed by atoms with Gasteiger partial charge in [-0.2, -0.15) is 5.10 Å². The van der Waals surface area contributed by atoms with Crippen molar-refractivity contribution in [3.63, 3.8) is 0 Å². The van der Waals surface area contributed by atoms with Gasteiger partial charge in [0.05, 0.1) is 0 Å². The van der Waals surface area contributed by atoms with Crippen LogP contribution in [-0.4, -0.2) is 30.8 Å². The number of rotatable bonds is 5. The molecule has 0 radical (unpaired) electrons. The van der Waals surface area contributed by atoms with Gasteiger partial charge in [0.2, 0.25) is 0 Å². The lowest BCUT2D eigenvalue weighted by molar-refractivity contribution is 0.0690. The van der Waals surface area contributed by atoms with Gasteiger partial charge in [0.15, 0.2) is 11.5 Å². The minimum Gasteiger partial charge on any atom is -0.476 e. The summed E-state index contributed by atoms with van der Waals surface area (Å²) in [5, 5.41) is 12.9. The predicted molar refractivity (Wildman–Crippen MR) is 69.5 cm³/mol. The zero-order chi connectivity index (χ0) is 13.8. The van der Waals surface area contributed by atoms with Crippen LogP contribution in [0.1, 0.15) is 42.3 Å². The molecule has 6 heteroatoms. The number of carbonyl (C=O) groups is 1. The maximum atomic E-state index is 10.8. The third kappa shape index (κ3) is 2.96.